The van der Waals surface area contributed by atoms with E-state index in [0.717, 1.165) is 6.07 Å². The fourth-order valence-corrected chi connectivity index (χ4v) is 4.80. The van der Waals surface area contributed by atoms with Crippen molar-refractivity contribution in [3.05, 3.63) is 66.2 Å². The number of benzene rings is 3. The van der Waals surface area contributed by atoms with E-state index in [-0.39, 0.29) is 36.1 Å². The number of aromatic amines is 1. The van der Waals surface area contributed by atoms with Gasteiger partial charge < -0.3 is 29.4 Å². The number of nitrogens with one attached hydrogen (secondary N) is 1. The largest absolute Gasteiger partial charge is 0.507 e. The molecule has 4 atom stereocenters. The van der Waals surface area contributed by atoms with Crippen LogP contribution in [0.3, 0.4) is 0 Å². The first-order valence-corrected chi connectivity index (χ1v) is 11.4. The molecule has 0 saturated carbocycles. The molecule has 0 radical (unpaired) electrons. The molecule has 6 rings (SSSR count). The number of rotatable bonds is 4. The van der Waals surface area contributed by atoms with Crippen LogP contribution in [0.5, 0.6) is 11.8 Å². The van der Waals surface area contributed by atoms with Crippen molar-refractivity contribution in [1.29, 1.82) is 0 Å². The maximum absolute atomic E-state index is 14.0. The first kappa shape index (κ1) is 22.8. The topological polar surface area (TPSA) is 96.8 Å². The quantitative estimate of drug-likeness (QED) is 0.383. The maximum Gasteiger partial charge on any atom is 0.417 e. The van der Waals surface area contributed by atoms with E-state index < -0.39 is 36.2 Å². The van der Waals surface area contributed by atoms with Crippen LogP contribution in [-0.4, -0.2) is 57.8 Å². The van der Waals surface area contributed by atoms with Gasteiger partial charge in [0.25, 0.3) is 6.01 Å². The molecule has 0 spiro atoms. The zero-order valence-corrected chi connectivity index (χ0v) is 18.7. The van der Waals surface area contributed by atoms with Gasteiger partial charge in [0.05, 0.1) is 29.8 Å². The van der Waals surface area contributed by atoms with Gasteiger partial charge in [-0.15, -0.1) is 0 Å². The highest BCUT2D eigenvalue weighted by atomic mass is 19.4. The lowest BCUT2D eigenvalue weighted by Gasteiger charge is -2.15. The van der Waals surface area contributed by atoms with Crippen LogP contribution in [0.15, 0.2) is 60.7 Å². The number of para-hydroxylation sites is 1. The van der Waals surface area contributed by atoms with Crippen molar-refractivity contribution in [3.8, 4) is 34.0 Å². The molecular formula is C26H21F3N2O5. The molecule has 3 heterocycles. The molecule has 1 unspecified atom stereocenters. The first-order chi connectivity index (χ1) is 17.3. The van der Waals surface area contributed by atoms with Crippen molar-refractivity contribution < 1.29 is 37.6 Å². The van der Waals surface area contributed by atoms with Crippen molar-refractivity contribution in [2.24, 2.45) is 0 Å². The fraction of sp³-hybridized carbons (Fsp3) is 0.269. The van der Waals surface area contributed by atoms with E-state index in [1.165, 1.54) is 6.07 Å². The molecule has 7 nitrogen and oxygen atoms in total. The Labute approximate surface area is 203 Å². The lowest BCUT2D eigenvalue weighted by atomic mass is 9.96. The van der Waals surface area contributed by atoms with Crippen LogP contribution >= 0.6 is 0 Å². The number of phenolic OH excluding ortho intramolecular Hbond substituents is 1. The Morgan fingerprint density at radius 1 is 0.917 bits per heavy atom. The lowest BCUT2D eigenvalue weighted by Crippen LogP contribution is -2.34. The SMILES string of the molecule is Oc1ccccc1-c1ccc(-c2cc3nc(O[C@@H]4COC5[C@H](O)CO[C@@H]54)[nH]c3cc2C(F)(F)F)cc1. The number of halogens is 3. The Morgan fingerprint density at radius 3 is 2.33 bits per heavy atom. The molecule has 2 aliphatic heterocycles. The van der Waals surface area contributed by atoms with Crippen LogP contribution in [-0.2, 0) is 15.7 Å². The first-order valence-electron chi connectivity index (χ1n) is 11.4. The van der Waals surface area contributed by atoms with E-state index in [1.807, 2.05) is 0 Å². The molecule has 1 aromatic heterocycles. The third-order valence-electron chi connectivity index (χ3n) is 6.56. The van der Waals surface area contributed by atoms with Gasteiger partial charge in [-0.2, -0.15) is 18.2 Å². The minimum Gasteiger partial charge on any atom is -0.507 e. The van der Waals surface area contributed by atoms with Gasteiger partial charge in [-0.25, -0.2) is 0 Å². The average molecular weight is 498 g/mol. The number of phenols is 1. The Morgan fingerprint density at radius 2 is 1.61 bits per heavy atom. The van der Waals surface area contributed by atoms with Crippen molar-refractivity contribution in [2.45, 2.75) is 30.6 Å². The van der Waals surface area contributed by atoms with E-state index >= 15 is 0 Å². The molecule has 186 valence electrons. The number of ether oxygens (including phenoxy) is 3. The highest BCUT2D eigenvalue weighted by Gasteiger charge is 2.48. The number of hydrogen-bond donors (Lipinski definition) is 3. The Bertz CT molecular complexity index is 1420. The molecule has 4 aromatic rings. The highest BCUT2D eigenvalue weighted by Crippen LogP contribution is 2.40. The number of fused-ring (bicyclic) bond motifs is 2. The summed E-state index contributed by atoms with van der Waals surface area (Å²) < 4.78 is 59.0. The molecule has 36 heavy (non-hydrogen) atoms. The van der Waals surface area contributed by atoms with Crippen LogP contribution in [0.1, 0.15) is 5.56 Å². The molecule has 0 bridgehead atoms. The van der Waals surface area contributed by atoms with E-state index in [4.69, 9.17) is 14.2 Å². The molecule has 3 aromatic carbocycles. The van der Waals surface area contributed by atoms with E-state index in [0.29, 0.717) is 22.2 Å². The molecule has 2 fully saturated rings. The fourth-order valence-electron chi connectivity index (χ4n) is 4.80. The van der Waals surface area contributed by atoms with Gasteiger partial charge >= 0.3 is 6.18 Å². The van der Waals surface area contributed by atoms with E-state index in [9.17, 15) is 23.4 Å². The van der Waals surface area contributed by atoms with Gasteiger partial charge in [-0.05, 0) is 34.9 Å². The number of aliphatic hydroxyl groups excluding tert-OH is 1. The van der Waals surface area contributed by atoms with Gasteiger partial charge in [-0.1, -0.05) is 42.5 Å². The molecule has 0 amide bonds. The Balaban J connectivity index is 1.34. The van der Waals surface area contributed by atoms with Crippen molar-refractivity contribution in [2.75, 3.05) is 13.2 Å². The Hall–Kier alpha value is -3.60. The van der Waals surface area contributed by atoms with Gasteiger partial charge in [0.1, 0.15) is 24.1 Å². The predicted octanol–water partition coefficient (Wildman–Crippen LogP) is 4.53. The lowest BCUT2D eigenvalue weighted by molar-refractivity contribution is -0.137. The number of aliphatic hydroxyl groups is 1. The van der Waals surface area contributed by atoms with Gasteiger partial charge in [-0.3, -0.25) is 0 Å². The summed E-state index contributed by atoms with van der Waals surface area (Å²) in [7, 11) is 0. The average Bonchev–Trinajstić information content (AvgIpc) is 3.54. The minimum absolute atomic E-state index is 0.0246. The highest BCUT2D eigenvalue weighted by molar-refractivity contribution is 5.86. The number of imidazole rings is 1. The van der Waals surface area contributed by atoms with Crippen LogP contribution in [0.2, 0.25) is 0 Å². The number of H-pyrrole nitrogens is 1. The van der Waals surface area contributed by atoms with Crippen LogP contribution in [0.25, 0.3) is 33.3 Å². The summed E-state index contributed by atoms with van der Waals surface area (Å²) in [5.41, 5.74) is 1.26. The monoisotopic (exact) mass is 498 g/mol. The van der Waals surface area contributed by atoms with E-state index in [2.05, 4.69) is 9.97 Å². The second-order valence-electron chi connectivity index (χ2n) is 8.87. The normalized spacial score (nSPS) is 23.8. The zero-order valence-electron chi connectivity index (χ0n) is 18.7. The molecule has 2 saturated heterocycles. The van der Waals surface area contributed by atoms with Crippen LogP contribution in [0.4, 0.5) is 13.2 Å². The molecule has 2 aliphatic rings. The number of alkyl halides is 3. The summed E-state index contributed by atoms with van der Waals surface area (Å²) in [5.74, 6) is 0.0863. The second kappa shape index (κ2) is 8.51. The third kappa shape index (κ3) is 3.97. The summed E-state index contributed by atoms with van der Waals surface area (Å²) in [6.45, 7) is 0.308. The smallest absolute Gasteiger partial charge is 0.417 e. The predicted molar refractivity (Wildman–Crippen MR) is 124 cm³/mol. The molecular weight excluding hydrogens is 477 g/mol. The summed E-state index contributed by atoms with van der Waals surface area (Å²) >= 11 is 0. The van der Waals surface area contributed by atoms with Crippen molar-refractivity contribution >= 4 is 11.0 Å². The molecule has 0 aliphatic carbocycles. The summed E-state index contributed by atoms with van der Waals surface area (Å²) in [4.78, 5) is 7.15. The Kier molecular flexibility index (Phi) is 5.40. The van der Waals surface area contributed by atoms with Crippen LogP contribution in [0, 0.1) is 0 Å². The number of aromatic hydroxyl groups is 1. The number of nitrogens with zero attached hydrogens (tertiary/aromatic N) is 1. The van der Waals surface area contributed by atoms with Gasteiger partial charge in [0.15, 0.2) is 6.10 Å². The summed E-state index contributed by atoms with van der Waals surface area (Å²) in [6.07, 6.45) is -6.86. The van der Waals surface area contributed by atoms with Crippen molar-refractivity contribution in [3.63, 3.8) is 0 Å². The second-order valence-corrected chi connectivity index (χ2v) is 8.87. The van der Waals surface area contributed by atoms with Gasteiger partial charge in [0.2, 0.25) is 0 Å². The zero-order chi connectivity index (χ0) is 25.0. The molecule has 3 N–H and O–H groups in total. The van der Waals surface area contributed by atoms with Crippen molar-refractivity contribution in [1.82, 2.24) is 9.97 Å². The number of hydrogen-bond acceptors (Lipinski definition) is 6. The van der Waals surface area contributed by atoms with Crippen LogP contribution < -0.4 is 4.74 Å². The summed E-state index contributed by atoms with van der Waals surface area (Å²) in [6, 6.07) is 15.7. The maximum atomic E-state index is 14.0. The standard InChI is InChI=1S/C26H21F3N2O5/c27-26(28,29)17-10-19-18(30-25(31-19)36-22-12-35-23-21(33)11-34-24(22)23)9-16(17)14-7-5-13(6-8-14)15-3-1-2-4-20(15)32/h1-10,21-24,32-33H,11-12H2,(H,30,31)/t21-,22-,23?,24-/m1/s1. The number of aromatic nitrogens is 2. The molecule has 10 heteroatoms. The van der Waals surface area contributed by atoms with E-state index in [1.54, 1.807) is 48.5 Å². The third-order valence-corrected chi connectivity index (χ3v) is 6.56. The van der Waals surface area contributed by atoms with Gasteiger partial charge in [0, 0.05) is 5.56 Å². The minimum atomic E-state index is -4.60. The summed E-state index contributed by atoms with van der Waals surface area (Å²) in [5, 5.41) is 20.0.